The molecule has 0 spiro atoms. The Labute approximate surface area is 217 Å². The van der Waals surface area contributed by atoms with Crippen LogP contribution in [0.25, 0.3) is 16.0 Å². The Morgan fingerprint density at radius 3 is 2.46 bits per heavy atom. The topological polar surface area (TPSA) is 98.2 Å². The first-order valence-corrected chi connectivity index (χ1v) is 12.4. The first-order chi connectivity index (χ1) is 18.0. The SMILES string of the molecule is CCOc1ccc2nc(N3C(=O)C(=O)/C(=C(/O)c4ccccc4)C3c3cc(OC)ccc3OC)sc2c1. The van der Waals surface area contributed by atoms with Crippen LogP contribution in [-0.2, 0) is 9.59 Å². The van der Waals surface area contributed by atoms with Crippen molar-refractivity contribution < 1.29 is 28.9 Å². The molecular weight excluding hydrogens is 492 g/mol. The minimum absolute atomic E-state index is 0.0583. The molecule has 1 aliphatic heterocycles. The summed E-state index contributed by atoms with van der Waals surface area (Å²) in [4.78, 5) is 33.0. The zero-order valence-electron chi connectivity index (χ0n) is 20.4. The number of hydrogen-bond donors (Lipinski definition) is 1. The minimum atomic E-state index is -1.00. The van der Waals surface area contributed by atoms with Crippen molar-refractivity contribution in [1.29, 1.82) is 0 Å². The normalized spacial score (nSPS) is 16.8. The molecule has 1 saturated heterocycles. The maximum absolute atomic E-state index is 13.5. The van der Waals surface area contributed by atoms with Crippen LogP contribution in [0, 0.1) is 0 Å². The lowest BCUT2D eigenvalue weighted by Crippen LogP contribution is -2.29. The molecule has 1 aromatic heterocycles. The monoisotopic (exact) mass is 516 g/mol. The standard InChI is InChI=1S/C28H24N2O6S/c1-4-36-18-10-12-20-22(15-18)37-28(29-20)30-24(19-14-17(34-2)11-13-21(19)35-3)23(26(32)27(30)33)25(31)16-8-6-5-7-9-16/h5-15,24,31H,4H2,1-3H3/b25-23+. The second-order valence-corrected chi connectivity index (χ2v) is 9.21. The molecule has 0 saturated carbocycles. The van der Waals surface area contributed by atoms with Crippen molar-refractivity contribution in [3.63, 3.8) is 0 Å². The number of Topliss-reactive ketones (excluding diaryl/α,β-unsaturated/α-hetero) is 1. The van der Waals surface area contributed by atoms with Crippen molar-refractivity contribution in [1.82, 2.24) is 4.98 Å². The molecule has 1 unspecified atom stereocenters. The molecule has 1 atom stereocenters. The molecule has 3 aromatic carbocycles. The van der Waals surface area contributed by atoms with Crippen molar-refractivity contribution in [3.8, 4) is 17.2 Å². The van der Waals surface area contributed by atoms with Crippen molar-refractivity contribution >= 4 is 44.1 Å². The van der Waals surface area contributed by atoms with Crippen LogP contribution >= 0.6 is 11.3 Å². The molecule has 4 aromatic rings. The Bertz CT molecular complexity index is 1530. The molecular formula is C28H24N2O6S. The van der Waals surface area contributed by atoms with Gasteiger partial charge in [-0.25, -0.2) is 4.98 Å². The molecule has 1 fully saturated rings. The first kappa shape index (κ1) is 24.3. The highest BCUT2D eigenvalue weighted by Crippen LogP contribution is 2.47. The highest BCUT2D eigenvalue weighted by molar-refractivity contribution is 7.22. The number of hydrogen-bond acceptors (Lipinski definition) is 8. The van der Waals surface area contributed by atoms with E-state index in [1.165, 1.54) is 30.5 Å². The van der Waals surface area contributed by atoms with Crippen LogP contribution < -0.4 is 19.1 Å². The highest BCUT2D eigenvalue weighted by atomic mass is 32.1. The van der Waals surface area contributed by atoms with E-state index >= 15 is 0 Å². The van der Waals surface area contributed by atoms with Gasteiger partial charge in [-0.2, -0.15) is 0 Å². The van der Waals surface area contributed by atoms with Gasteiger partial charge in [0.15, 0.2) is 5.13 Å². The van der Waals surface area contributed by atoms with E-state index in [9.17, 15) is 14.7 Å². The summed E-state index contributed by atoms with van der Waals surface area (Å²) in [6.45, 7) is 2.41. The smallest absolute Gasteiger partial charge is 0.301 e. The minimum Gasteiger partial charge on any atom is -0.507 e. The molecule has 188 valence electrons. The maximum atomic E-state index is 13.5. The summed E-state index contributed by atoms with van der Waals surface area (Å²) in [5, 5.41) is 11.6. The Balaban J connectivity index is 1.75. The van der Waals surface area contributed by atoms with Gasteiger partial charge in [0.25, 0.3) is 5.78 Å². The number of anilines is 1. The predicted octanol–water partition coefficient (Wildman–Crippen LogP) is 5.34. The van der Waals surface area contributed by atoms with E-state index in [-0.39, 0.29) is 11.3 Å². The molecule has 1 aliphatic rings. The summed E-state index contributed by atoms with van der Waals surface area (Å²) in [6.07, 6.45) is 0. The fourth-order valence-electron chi connectivity index (χ4n) is 4.38. The Kier molecular flexibility index (Phi) is 6.54. The maximum Gasteiger partial charge on any atom is 0.301 e. The van der Waals surface area contributed by atoms with Gasteiger partial charge in [-0.15, -0.1) is 0 Å². The number of thiazole rings is 1. The van der Waals surface area contributed by atoms with Gasteiger partial charge in [-0.3, -0.25) is 14.5 Å². The summed E-state index contributed by atoms with van der Waals surface area (Å²) >= 11 is 1.26. The number of amides is 1. The number of carbonyl (C=O) groups is 2. The Hall–Kier alpha value is -4.37. The molecule has 2 heterocycles. The number of carbonyl (C=O) groups excluding carboxylic acids is 2. The van der Waals surface area contributed by atoms with Gasteiger partial charge in [0.1, 0.15) is 29.0 Å². The van der Waals surface area contributed by atoms with Gasteiger partial charge in [-0.1, -0.05) is 41.7 Å². The quantitative estimate of drug-likeness (QED) is 0.201. The van der Waals surface area contributed by atoms with Crippen LogP contribution in [0.4, 0.5) is 5.13 Å². The van der Waals surface area contributed by atoms with Crippen LogP contribution in [0.15, 0.2) is 72.3 Å². The third kappa shape index (κ3) is 4.27. The number of ketones is 1. The lowest BCUT2D eigenvalue weighted by Gasteiger charge is -2.25. The average Bonchev–Trinajstić information content (AvgIpc) is 3.46. The van der Waals surface area contributed by atoms with Crippen LogP contribution in [0.1, 0.15) is 24.1 Å². The van der Waals surface area contributed by atoms with Crippen molar-refractivity contribution in [3.05, 3.63) is 83.4 Å². The Morgan fingerprint density at radius 1 is 1.00 bits per heavy atom. The van der Waals surface area contributed by atoms with Gasteiger partial charge < -0.3 is 19.3 Å². The summed E-state index contributed by atoms with van der Waals surface area (Å²) in [7, 11) is 3.03. The molecule has 0 aliphatic carbocycles. The summed E-state index contributed by atoms with van der Waals surface area (Å²) < 4.78 is 17.4. The molecule has 1 N–H and O–H groups in total. The Morgan fingerprint density at radius 2 is 1.76 bits per heavy atom. The predicted molar refractivity (Wildman–Crippen MR) is 142 cm³/mol. The second-order valence-electron chi connectivity index (χ2n) is 8.20. The van der Waals surface area contributed by atoms with E-state index in [1.807, 2.05) is 19.1 Å². The molecule has 9 heteroatoms. The number of nitrogens with zero attached hydrogens (tertiary/aromatic N) is 2. The average molecular weight is 517 g/mol. The number of aliphatic hydroxyl groups excluding tert-OH is 1. The third-order valence-electron chi connectivity index (χ3n) is 6.09. The van der Waals surface area contributed by atoms with E-state index in [0.29, 0.717) is 45.6 Å². The number of benzene rings is 3. The van der Waals surface area contributed by atoms with E-state index < -0.39 is 17.7 Å². The van der Waals surface area contributed by atoms with Crippen molar-refractivity contribution in [2.75, 3.05) is 25.7 Å². The van der Waals surface area contributed by atoms with Crippen LogP contribution in [0.2, 0.25) is 0 Å². The van der Waals surface area contributed by atoms with E-state index in [0.717, 1.165) is 4.70 Å². The van der Waals surface area contributed by atoms with Gasteiger partial charge >= 0.3 is 5.91 Å². The van der Waals surface area contributed by atoms with Crippen LogP contribution in [-0.4, -0.2) is 42.6 Å². The molecule has 1 amide bonds. The molecule has 0 bridgehead atoms. The van der Waals surface area contributed by atoms with Gasteiger partial charge in [0.05, 0.1) is 36.6 Å². The summed E-state index contributed by atoms with van der Waals surface area (Å²) in [5.41, 5.74) is 1.49. The summed E-state index contributed by atoms with van der Waals surface area (Å²) in [6, 6.07) is 18.2. The number of rotatable bonds is 7. The number of aromatic nitrogens is 1. The number of ether oxygens (including phenoxy) is 3. The number of methoxy groups -OCH3 is 2. The van der Waals surface area contributed by atoms with Crippen LogP contribution in [0.5, 0.6) is 17.2 Å². The van der Waals surface area contributed by atoms with E-state index in [2.05, 4.69) is 4.98 Å². The van der Waals surface area contributed by atoms with Gasteiger partial charge in [0, 0.05) is 11.1 Å². The lowest BCUT2D eigenvalue weighted by molar-refractivity contribution is -0.132. The number of fused-ring (bicyclic) bond motifs is 1. The molecule has 8 nitrogen and oxygen atoms in total. The van der Waals surface area contributed by atoms with Gasteiger partial charge in [0.2, 0.25) is 0 Å². The second kappa shape index (κ2) is 9.94. The first-order valence-electron chi connectivity index (χ1n) is 11.6. The third-order valence-corrected chi connectivity index (χ3v) is 7.11. The molecule has 37 heavy (non-hydrogen) atoms. The summed E-state index contributed by atoms with van der Waals surface area (Å²) in [5.74, 6) is -0.275. The molecule has 5 rings (SSSR count). The van der Waals surface area contributed by atoms with Crippen molar-refractivity contribution in [2.45, 2.75) is 13.0 Å². The van der Waals surface area contributed by atoms with Gasteiger partial charge in [-0.05, 0) is 43.3 Å². The van der Waals surface area contributed by atoms with E-state index in [1.54, 1.807) is 54.6 Å². The van der Waals surface area contributed by atoms with Crippen LogP contribution in [0.3, 0.4) is 0 Å². The zero-order chi connectivity index (χ0) is 26.1. The van der Waals surface area contributed by atoms with Crippen molar-refractivity contribution in [2.24, 2.45) is 0 Å². The highest BCUT2D eigenvalue weighted by Gasteiger charge is 2.49. The fourth-order valence-corrected chi connectivity index (χ4v) is 5.40. The lowest BCUT2D eigenvalue weighted by atomic mass is 9.94. The zero-order valence-corrected chi connectivity index (χ0v) is 21.2. The van der Waals surface area contributed by atoms with E-state index in [4.69, 9.17) is 14.2 Å². The fraction of sp³-hybridized carbons (Fsp3) is 0.179. The largest absolute Gasteiger partial charge is 0.507 e. The number of aliphatic hydroxyl groups is 1. The molecule has 0 radical (unpaired) electrons.